The largest absolute Gasteiger partial charge is 0.463 e. The van der Waals surface area contributed by atoms with Crippen LogP contribution in [0.15, 0.2) is 55.6 Å². The minimum atomic E-state index is -0.612. The Balaban J connectivity index is 2.04. The van der Waals surface area contributed by atoms with Gasteiger partial charge < -0.3 is 20.5 Å². The predicted molar refractivity (Wildman–Crippen MR) is 155 cm³/mol. The topological polar surface area (TPSA) is 105 Å². The molecule has 1 aliphatic carbocycles. The van der Waals surface area contributed by atoms with E-state index < -0.39 is 22.9 Å². The molecule has 1 aromatic carbocycles. The minimum Gasteiger partial charge on any atom is -0.463 e. The normalized spacial score (nSPS) is 16.9. The summed E-state index contributed by atoms with van der Waals surface area (Å²) >= 11 is 0. The first-order chi connectivity index (χ1) is 18.5. The first kappa shape index (κ1) is 32.3. The van der Waals surface area contributed by atoms with Gasteiger partial charge in [-0.15, -0.1) is 13.2 Å². The molecule has 3 N–H and O–H groups in total. The van der Waals surface area contributed by atoms with Crippen LogP contribution in [0.4, 0.5) is 0 Å². The van der Waals surface area contributed by atoms with Crippen molar-refractivity contribution in [1.82, 2.24) is 10.6 Å². The van der Waals surface area contributed by atoms with Crippen LogP contribution in [-0.4, -0.2) is 47.7 Å². The molecule has 7 nitrogen and oxygen atoms in total. The van der Waals surface area contributed by atoms with Crippen molar-refractivity contribution in [3.8, 4) is 0 Å². The average molecular weight is 541 g/mol. The third-order valence-electron chi connectivity index (χ3n) is 7.65. The number of hydrogen-bond donors (Lipinski definition) is 3. The summed E-state index contributed by atoms with van der Waals surface area (Å²) in [5, 5.41) is 15.9. The number of nitrogens with one attached hydrogen (secondary N) is 2. The van der Waals surface area contributed by atoms with Crippen LogP contribution in [0, 0.1) is 17.3 Å². The van der Waals surface area contributed by atoms with Crippen LogP contribution < -0.4 is 10.6 Å². The fraction of sp³-hybridized carbons (Fsp3) is 0.594. The highest BCUT2D eigenvalue weighted by Crippen LogP contribution is 2.29. The van der Waals surface area contributed by atoms with Crippen molar-refractivity contribution in [2.24, 2.45) is 17.3 Å². The molecule has 0 spiro atoms. The Morgan fingerprint density at radius 3 is 2.31 bits per heavy atom. The molecule has 1 fully saturated rings. The minimum absolute atomic E-state index is 0.00302. The number of benzene rings is 1. The first-order valence-corrected chi connectivity index (χ1v) is 14.2. The van der Waals surface area contributed by atoms with Gasteiger partial charge in [-0.05, 0) is 49.5 Å². The molecule has 7 heteroatoms. The van der Waals surface area contributed by atoms with E-state index in [4.69, 9.17) is 4.74 Å². The Morgan fingerprint density at radius 2 is 1.74 bits per heavy atom. The second-order valence-corrected chi connectivity index (χ2v) is 11.9. The van der Waals surface area contributed by atoms with Gasteiger partial charge in [0.2, 0.25) is 11.8 Å². The van der Waals surface area contributed by atoms with Gasteiger partial charge in [0.15, 0.2) is 0 Å². The van der Waals surface area contributed by atoms with Gasteiger partial charge >= 0.3 is 5.97 Å². The lowest BCUT2D eigenvalue weighted by atomic mass is 9.86. The van der Waals surface area contributed by atoms with Gasteiger partial charge in [0.05, 0.1) is 30.0 Å². The number of aliphatic hydroxyl groups excluding tert-OH is 1. The number of amides is 2. The molecule has 0 aromatic heterocycles. The van der Waals surface area contributed by atoms with Crippen molar-refractivity contribution in [3.05, 3.63) is 61.2 Å². The van der Waals surface area contributed by atoms with Crippen LogP contribution in [-0.2, 0) is 25.5 Å². The van der Waals surface area contributed by atoms with Gasteiger partial charge in [-0.2, -0.15) is 0 Å². The van der Waals surface area contributed by atoms with Crippen molar-refractivity contribution in [2.75, 3.05) is 13.2 Å². The zero-order chi connectivity index (χ0) is 28.9. The maximum absolute atomic E-state index is 13.3. The summed E-state index contributed by atoms with van der Waals surface area (Å²) in [6, 6.07) is 9.40. The Morgan fingerprint density at radius 1 is 1.08 bits per heavy atom. The summed E-state index contributed by atoms with van der Waals surface area (Å²) < 4.78 is 5.79. The third kappa shape index (κ3) is 10.6. The lowest BCUT2D eigenvalue weighted by Gasteiger charge is -2.33. The lowest BCUT2D eigenvalue weighted by Crippen LogP contribution is -2.52. The van der Waals surface area contributed by atoms with E-state index in [9.17, 15) is 19.5 Å². The number of hydrogen-bond acceptors (Lipinski definition) is 5. The second-order valence-electron chi connectivity index (χ2n) is 11.9. The van der Waals surface area contributed by atoms with Crippen LogP contribution in [0.3, 0.4) is 0 Å². The Labute approximate surface area is 234 Å². The molecule has 3 atom stereocenters. The maximum atomic E-state index is 13.3. The fourth-order valence-electron chi connectivity index (χ4n) is 5.03. The number of allylic oxidation sites excluding steroid dienone is 2. The zero-order valence-electron chi connectivity index (χ0n) is 24.0. The van der Waals surface area contributed by atoms with Gasteiger partial charge in [0.1, 0.15) is 6.61 Å². The standard InChI is InChI=1S/C32H48N2O5/c1-6-8-17-26(20-24-15-10-9-11-16-24)30(38)39-22-27(31(3,4)5)33-29(37)25(14-7-2)21-28(36)34-32(23-35)18-12-13-19-32/h6-7,9-11,15-16,25-27,35H,1-2,8,12-14,17-23H2,3-5H3,(H,33,37)(H,34,36). The maximum Gasteiger partial charge on any atom is 0.309 e. The number of esters is 1. The van der Waals surface area contributed by atoms with E-state index in [2.05, 4.69) is 23.8 Å². The van der Waals surface area contributed by atoms with Crippen molar-refractivity contribution in [1.29, 1.82) is 0 Å². The molecule has 1 aromatic rings. The smallest absolute Gasteiger partial charge is 0.309 e. The molecule has 2 rings (SSSR count). The number of carbonyl (C=O) groups excluding carboxylic acids is 3. The quantitative estimate of drug-likeness (QED) is 0.205. The van der Waals surface area contributed by atoms with Crippen LogP contribution in [0.2, 0.25) is 0 Å². The second kappa shape index (κ2) is 15.6. The van der Waals surface area contributed by atoms with E-state index in [1.54, 1.807) is 12.2 Å². The molecule has 1 saturated carbocycles. The molecular formula is C32H48N2O5. The van der Waals surface area contributed by atoms with Crippen molar-refractivity contribution in [3.63, 3.8) is 0 Å². The van der Waals surface area contributed by atoms with Crippen LogP contribution in [0.5, 0.6) is 0 Å². The molecule has 0 saturated heterocycles. The lowest BCUT2D eigenvalue weighted by molar-refractivity contribution is -0.151. The first-order valence-electron chi connectivity index (χ1n) is 14.2. The van der Waals surface area contributed by atoms with Gasteiger partial charge in [-0.3, -0.25) is 14.4 Å². The third-order valence-corrected chi connectivity index (χ3v) is 7.65. The highest BCUT2D eigenvalue weighted by Gasteiger charge is 2.36. The molecular weight excluding hydrogens is 492 g/mol. The summed E-state index contributed by atoms with van der Waals surface area (Å²) in [7, 11) is 0. The van der Waals surface area contributed by atoms with E-state index in [0.717, 1.165) is 31.2 Å². The SMILES string of the molecule is C=CCCC(Cc1ccccc1)C(=O)OCC(NC(=O)C(CC=C)CC(=O)NC1(CO)CCCC1)C(C)(C)C. The fourth-order valence-corrected chi connectivity index (χ4v) is 5.03. The Bertz CT molecular complexity index is 947. The molecule has 2 amide bonds. The summed E-state index contributed by atoms with van der Waals surface area (Å²) in [6.45, 7) is 13.4. The molecule has 3 unspecified atom stereocenters. The molecule has 1 aliphatic rings. The van der Waals surface area contributed by atoms with Gasteiger partial charge in [-0.25, -0.2) is 0 Å². The van der Waals surface area contributed by atoms with E-state index in [0.29, 0.717) is 25.7 Å². The zero-order valence-corrected chi connectivity index (χ0v) is 24.0. The molecule has 0 bridgehead atoms. The van der Waals surface area contributed by atoms with E-state index in [-0.39, 0.29) is 43.3 Å². The summed E-state index contributed by atoms with van der Waals surface area (Å²) in [5.41, 5.74) is 0.0870. The number of carbonyl (C=O) groups is 3. The molecule has 216 valence electrons. The van der Waals surface area contributed by atoms with Crippen molar-refractivity contribution in [2.45, 2.75) is 90.1 Å². The summed E-state index contributed by atoms with van der Waals surface area (Å²) in [4.78, 5) is 39.3. The number of ether oxygens (including phenoxy) is 1. The molecule has 0 heterocycles. The molecule has 0 radical (unpaired) electrons. The molecule has 39 heavy (non-hydrogen) atoms. The van der Waals surface area contributed by atoms with Crippen molar-refractivity contribution >= 4 is 17.8 Å². The van der Waals surface area contributed by atoms with Gasteiger partial charge in [0.25, 0.3) is 0 Å². The van der Waals surface area contributed by atoms with Crippen molar-refractivity contribution < 1.29 is 24.2 Å². The van der Waals surface area contributed by atoms with Gasteiger partial charge in [-0.1, -0.05) is 76.1 Å². The van der Waals surface area contributed by atoms with E-state index in [1.165, 1.54) is 0 Å². The Kier molecular flexibility index (Phi) is 12.9. The van der Waals surface area contributed by atoms with E-state index >= 15 is 0 Å². The van der Waals surface area contributed by atoms with Crippen LogP contribution >= 0.6 is 0 Å². The highest BCUT2D eigenvalue weighted by atomic mass is 16.5. The highest BCUT2D eigenvalue weighted by molar-refractivity contribution is 5.86. The monoisotopic (exact) mass is 540 g/mol. The summed E-state index contributed by atoms with van der Waals surface area (Å²) in [6.07, 6.45) is 9.08. The number of rotatable bonds is 16. The average Bonchev–Trinajstić information content (AvgIpc) is 3.37. The predicted octanol–water partition coefficient (Wildman–Crippen LogP) is 4.89. The van der Waals surface area contributed by atoms with Gasteiger partial charge in [0, 0.05) is 6.42 Å². The van der Waals surface area contributed by atoms with Crippen LogP contribution in [0.1, 0.15) is 77.7 Å². The Hall–Kier alpha value is -2.93. The summed E-state index contributed by atoms with van der Waals surface area (Å²) in [5.74, 6) is -1.75. The van der Waals surface area contributed by atoms with E-state index in [1.807, 2.05) is 51.1 Å². The molecule has 0 aliphatic heterocycles. The van der Waals surface area contributed by atoms with Crippen LogP contribution in [0.25, 0.3) is 0 Å². The number of aliphatic hydroxyl groups is 1.